The maximum absolute atomic E-state index is 11.6. The van der Waals surface area contributed by atoms with E-state index < -0.39 is 0 Å². The van der Waals surface area contributed by atoms with E-state index in [0.717, 1.165) is 43.8 Å². The number of rotatable bonds is 4. The first-order chi connectivity index (χ1) is 17.5. The topological polar surface area (TPSA) is 86.3 Å². The van der Waals surface area contributed by atoms with Crippen LogP contribution in [0.2, 0.25) is 0 Å². The molecule has 0 radical (unpaired) electrons. The van der Waals surface area contributed by atoms with Crippen molar-refractivity contribution in [3.8, 4) is 22.3 Å². The highest BCUT2D eigenvalue weighted by Crippen LogP contribution is 2.41. The van der Waals surface area contributed by atoms with Crippen molar-refractivity contribution in [3.05, 3.63) is 129 Å². The Morgan fingerprint density at radius 2 is 0.611 bits per heavy atom. The Balaban J connectivity index is 1.64. The molecule has 36 heavy (non-hydrogen) atoms. The van der Waals surface area contributed by atoms with Crippen LogP contribution in [0.15, 0.2) is 109 Å². The first kappa shape index (κ1) is 21.4. The summed E-state index contributed by atoms with van der Waals surface area (Å²) in [6.45, 7) is 0. The van der Waals surface area contributed by atoms with Crippen molar-refractivity contribution >= 4 is 43.7 Å². The quantitative estimate of drug-likeness (QED) is 0.191. The van der Waals surface area contributed by atoms with Crippen LogP contribution >= 0.6 is 0 Å². The monoisotopic (exact) mass is 470 g/mol. The minimum Gasteiger partial charge on any atom is -0.258 e. The smallest absolute Gasteiger partial charge is 0.258 e. The van der Waals surface area contributed by atoms with Gasteiger partial charge in [-0.3, -0.25) is 20.2 Å². The van der Waals surface area contributed by atoms with Crippen molar-refractivity contribution in [2.45, 2.75) is 0 Å². The van der Waals surface area contributed by atoms with Gasteiger partial charge in [-0.25, -0.2) is 0 Å². The summed E-state index contributed by atoms with van der Waals surface area (Å²) >= 11 is 0. The van der Waals surface area contributed by atoms with Gasteiger partial charge in [0.05, 0.1) is 20.6 Å². The molecular formula is C30H18N2O4. The summed E-state index contributed by atoms with van der Waals surface area (Å²) in [4.78, 5) is 22.5. The van der Waals surface area contributed by atoms with Crippen LogP contribution in [0.3, 0.4) is 0 Å². The predicted octanol–water partition coefficient (Wildman–Crippen LogP) is 8.30. The Bertz CT molecular complexity index is 1720. The van der Waals surface area contributed by atoms with Crippen LogP contribution in [-0.2, 0) is 0 Å². The van der Waals surface area contributed by atoms with Gasteiger partial charge in [0, 0.05) is 12.1 Å². The van der Waals surface area contributed by atoms with Crippen LogP contribution in [0.4, 0.5) is 11.4 Å². The molecular weight excluding hydrogens is 452 g/mol. The molecule has 0 N–H and O–H groups in total. The van der Waals surface area contributed by atoms with Crippen molar-refractivity contribution in [1.82, 2.24) is 0 Å². The van der Waals surface area contributed by atoms with Crippen molar-refractivity contribution in [2.75, 3.05) is 0 Å². The lowest BCUT2D eigenvalue weighted by atomic mass is 9.89. The second-order valence-corrected chi connectivity index (χ2v) is 8.58. The fourth-order valence-electron chi connectivity index (χ4n) is 5.15. The molecule has 0 fully saturated rings. The molecule has 6 aromatic carbocycles. The van der Waals surface area contributed by atoms with Gasteiger partial charge in [0.15, 0.2) is 0 Å². The fraction of sp³-hybridized carbons (Fsp3) is 0. The standard InChI is InChI=1S/C30H18N2O4/c33-31(34)29-17-5-13-25-23(11-3-15-27(25)29)21-9-1-7-19-20(21)8-2-10-22(19)24-12-4-16-28-26(24)14-6-18-30(28)32(35)36/h1-18H. The molecule has 0 bridgehead atoms. The summed E-state index contributed by atoms with van der Waals surface area (Å²) < 4.78 is 0. The van der Waals surface area contributed by atoms with E-state index in [9.17, 15) is 20.2 Å². The molecule has 6 rings (SSSR count). The van der Waals surface area contributed by atoms with E-state index in [2.05, 4.69) is 0 Å². The highest BCUT2D eigenvalue weighted by atomic mass is 16.6. The number of nitro groups is 2. The van der Waals surface area contributed by atoms with E-state index in [1.54, 1.807) is 24.3 Å². The van der Waals surface area contributed by atoms with Crippen molar-refractivity contribution in [2.24, 2.45) is 0 Å². The number of non-ortho nitro benzene ring substituents is 2. The number of hydrogen-bond donors (Lipinski definition) is 0. The third-order valence-corrected chi connectivity index (χ3v) is 6.69. The summed E-state index contributed by atoms with van der Waals surface area (Å²) in [5.41, 5.74) is 3.90. The second kappa shape index (κ2) is 8.29. The molecule has 0 saturated heterocycles. The normalized spacial score (nSPS) is 11.2. The zero-order valence-electron chi connectivity index (χ0n) is 18.9. The van der Waals surface area contributed by atoms with Crippen LogP contribution in [-0.4, -0.2) is 9.85 Å². The van der Waals surface area contributed by atoms with Gasteiger partial charge in [0.25, 0.3) is 11.4 Å². The van der Waals surface area contributed by atoms with E-state index in [1.165, 1.54) is 12.1 Å². The first-order valence-electron chi connectivity index (χ1n) is 11.4. The van der Waals surface area contributed by atoms with Gasteiger partial charge < -0.3 is 0 Å². The maximum Gasteiger partial charge on any atom is 0.277 e. The van der Waals surface area contributed by atoms with Crippen LogP contribution in [0.25, 0.3) is 54.6 Å². The van der Waals surface area contributed by atoms with Crippen molar-refractivity contribution < 1.29 is 9.85 Å². The molecule has 6 aromatic rings. The van der Waals surface area contributed by atoms with Gasteiger partial charge in [-0.2, -0.15) is 0 Å². The van der Waals surface area contributed by atoms with Crippen LogP contribution in [0.5, 0.6) is 0 Å². The third kappa shape index (κ3) is 3.27. The van der Waals surface area contributed by atoms with E-state index in [-0.39, 0.29) is 21.2 Å². The molecule has 0 spiro atoms. The van der Waals surface area contributed by atoms with Gasteiger partial charge in [-0.05, 0) is 55.9 Å². The van der Waals surface area contributed by atoms with E-state index >= 15 is 0 Å². The van der Waals surface area contributed by atoms with E-state index in [4.69, 9.17) is 0 Å². The minimum atomic E-state index is -0.354. The summed E-state index contributed by atoms with van der Waals surface area (Å²) in [6, 6.07) is 33.6. The Morgan fingerprint density at radius 1 is 0.361 bits per heavy atom. The lowest BCUT2D eigenvalue weighted by molar-refractivity contribution is -0.383. The Hall–Kier alpha value is -5.10. The summed E-state index contributed by atoms with van der Waals surface area (Å²) in [7, 11) is 0. The van der Waals surface area contributed by atoms with Crippen LogP contribution < -0.4 is 0 Å². The lowest BCUT2D eigenvalue weighted by Crippen LogP contribution is -1.92. The SMILES string of the molecule is O=[N+]([O-])c1cccc2c(-c3cccc4c(-c5cccc6c([N+](=O)[O-])cccc56)cccc34)cccc12. The highest BCUT2D eigenvalue weighted by Gasteiger charge is 2.17. The van der Waals surface area contributed by atoms with Crippen LogP contribution in [0.1, 0.15) is 0 Å². The lowest BCUT2D eigenvalue weighted by Gasteiger charge is -2.14. The van der Waals surface area contributed by atoms with Crippen molar-refractivity contribution in [3.63, 3.8) is 0 Å². The number of nitro benzene ring substituents is 2. The van der Waals surface area contributed by atoms with Gasteiger partial charge in [-0.1, -0.05) is 84.9 Å². The summed E-state index contributed by atoms with van der Waals surface area (Å²) in [6.07, 6.45) is 0. The Kier molecular flexibility index (Phi) is 4.93. The third-order valence-electron chi connectivity index (χ3n) is 6.69. The summed E-state index contributed by atoms with van der Waals surface area (Å²) in [5, 5.41) is 28.0. The summed E-state index contributed by atoms with van der Waals surface area (Å²) in [5.74, 6) is 0. The zero-order chi connectivity index (χ0) is 24.8. The van der Waals surface area contributed by atoms with E-state index in [0.29, 0.717) is 10.8 Å². The van der Waals surface area contributed by atoms with E-state index in [1.807, 2.05) is 72.8 Å². The molecule has 0 amide bonds. The minimum absolute atomic E-state index is 0.0765. The number of fused-ring (bicyclic) bond motifs is 3. The molecule has 6 nitrogen and oxygen atoms in total. The maximum atomic E-state index is 11.6. The molecule has 6 heteroatoms. The van der Waals surface area contributed by atoms with Crippen molar-refractivity contribution in [1.29, 1.82) is 0 Å². The average Bonchev–Trinajstić information content (AvgIpc) is 2.91. The zero-order valence-corrected chi connectivity index (χ0v) is 18.9. The molecule has 0 aliphatic carbocycles. The molecule has 0 unspecified atom stereocenters. The molecule has 0 aliphatic rings. The number of benzene rings is 6. The molecule has 0 atom stereocenters. The Morgan fingerprint density at radius 3 is 0.917 bits per heavy atom. The Labute approximate surface area is 205 Å². The predicted molar refractivity (Wildman–Crippen MR) is 143 cm³/mol. The highest BCUT2D eigenvalue weighted by molar-refractivity contribution is 6.13. The largest absolute Gasteiger partial charge is 0.277 e. The first-order valence-corrected chi connectivity index (χ1v) is 11.4. The van der Waals surface area contributed by atoms with Crippen LogP contribution in [0, 0.1) is 20.2 Å². The van der Waals surface area contributed by atoms with Gasteiger partial charge >= 0.3 is 0 Å². The fourth-order valence-corrected chi connectivity index (χ4v) is 5.15. The number of nitrogens with zero attached hydrogens (tertiary/aromatic N) is 2. The van der Waals surface area contributed by atoms with Gasteiger partial charge in [-0.15, -0.1) is 0 Å². The molecule has 0 aliphatic heterocycles. The number of hydrogen-bond acceptors (Lipinski definition) is 4. The molecule has 0 heterocycles. The average molecular weight is 470 g/mol. The molecule has 0 aromatic heterocycles. The molecule has 172 valence electrons. The second-order valence-electron chi connectivity index (χ2n) is 8.58. The van der Waals surface area contributed by atoms with Gasteiger partial charge in [0.1, 0.15) is 0 Å². The molecule has 0 saturated carbocycles. The van der Waals surface area contributed by atoms with Gasteiger partial charge in [0.2, 0.25) is 0 Å².